The quantitative estimate of drug-likeness (QED) is 0.512. The molecule has 3 atom stereocenters. The Bertz CT molecular complexity index is 296. The van der Waals surface area contributed by atoms with Crippen molar-refractivity contribution in [3.63, 3.8) is 0 Å². The Labute approximate surface area is 78.2 Å². The van der Waals surface area contributed by atoms with E-state index in [0.717, 1.165) is 12.8 Å². The van der Waals surface area contributed by atoms with Crippen LogP contribution < -0.4 is 0 Å². The maximum atomic E-state index is 10.5. The van der Waals surface area contributed by atoms with E-state index in [1.165, 1.54) is 5.56 Å². The van der Waals surface area contributed by atoms with E-state index in [0.29, 0.717) is 6.04 Å². The van der Waals surface area contributed by atoms with E-state index < -0.39 is 0 Å². The summed E-state index contributed by atoms with van der Waals surface area (Å²) in [5, 5.41) is 0. The zero-order chi connectivity index (χ0) is 9.26. The number of benzene rings is 1. The van der Waals surface area contributed by atoms with E-state index in [2.05, 4.69) is 24.0 Å². The van der Waals surface area contributed by atoms with E-state index in [1.54, 1.807) is 0 Å². The van der Waals surface area contributed by atoms with Gasteiger partial charge in [-0.25, -0.2) is 0 Å². The minimum absolute atomic E-state index is 0.153. The topological polar surface area (TPSA) is 20.1 Å². The van der Waals surface area contributed by atoms with Crippen LogP contribution in [-0.4, -0.2) is 23.3 Å². The predicted octanol–water partition coefficient (Wildman–Crippen LogP) is 1.46. The largest absolute Gasteiger partial charge is 0.302 e. The van der Waals surface area contributed by atoms with Gasteiger partial charge in [-0.3, -0.25) is 4.90 Å². The Balaban J connectivity index is 1.97. The summed E-state index contributed by atoms with van der Waals surface area (Å²) >= 11 is 0. The van der Waals surface area contributed by atoms with Crippen LogP contribution in [0, 0.1) is 0 Å². The summed E-state index contributed by atoms with van der Waals surface area (Å²) in [6.07, 6.45) is 1.04. The Hall–Kier alpha value is -1.15. The van der Waals surface area contributed by atoms with E-state index in [-0.39, 0.29) is 6.04 Å². The zero-order valence-corrected chi connectivity index (χ0v) is 7.68. The van der Waals surface area contributed by atoms with E-state index in [4.69, 9.17) is 0 Å². The van der Waals surface area contributed by atoms with Crippen molar-refractivity contribution in [3.05, 3.63) is 35.9 Å². The molecule has 1 aliphatic rings. The van der Waals surface area contributed by atoms with Crippen LogP contribution in [0.3, 0.4) is 0 Å². The van der Waals surface area contributed by atoms with Crippen molar-refractivity contribution in [2.45, 2.75) is 25.6 Å². The molecule has 2 rings (SSSR count). The van der Waals surface area contributed by atoms with Crippen molar-refractivity contribution >= 4 is 6.29 Å². The summed E-state index contributed by atoms with van der Waals surface area (Å²) in [5.74, 6) is 0. The standard InChI is InChI=1S/C11H13NO/c1-9-11(8-13)12(9)7-10-5-3-2-4-6-10/h2-6,8-9,11H,7H2,1H3/t9-,11-,12?/m0/s1. The van der Waals surface area contributed by atoms with Gasteiger partial charge in [0.15, 0.2) is 0 Å². The Morgan fingerprint density at radius 2 is 2.08 bits per heavy atom. The molecule has 0 aliphatic carbocycles. The first-order valence-corrected chi connectivity index (χ1v) is 4.58. The molecule has 1 heterocycles. The Morgan fingerprint density at radius 1 is 1.38 bits per heavy atom. The van der Waals surface area contributed by atoms with E-state index in [1.807, 2.05) is 18.2 Å². The third-order valence-corrected chi connectivity index (χ3v) is 2.66. The molecule has 0 bridgehead atoms. The highest BCUT2D eigenvalue weighted by molar-refractivity contribution is 5.63. The number of nitrogens with zero attached hydrogens (tertiary/aromatic N) is 1. The summed E-state index contributed by atoms with van der Waals surface area (Å²) in [6.45, 7) is 2.98. The van der Waals surface area contributed by atoms with Gasteiger partial charge in [-0.05, 0) is 12.5 Å². The van der Waals surface area contributed by atoms with Crippen molar-refractivity contribution < 1.29 is 4.79 Å². The average Bonchev–Trinajstić information content (AvgIpc) is 2.78. The molecule has 0 N–H and O–H groups in total. The van der Waals surface area contributed by atoms with Crippen LogP contribution in [0.5, 0.6) is 0 Å². The summed E-state index contributed by atoms with van der Waals surface area (Å²) in [5.41, 5.74) is 1.28. The van der Waals surface area contributed by atoms with Crippen molar-refractivity contribution in [2.24, 2.45) is 0 Å². The molecule has 1 aromatic carbocycles. The van der Waals surface area contributed by atoms with Crippen molar-refractivity contribution in [1.29, 1.82) is 0 Å². The smallest absolute Gasteiger partial charge is 0.138 e. The van der Waals surface area contributed by atoms with Gasteiger partial charge in [0, 0.05) is 12.6 Å². The number of rotatable bonds is 3. The molecule has 2 heteroatoms. The molecule has 0 radical (unpaired) electrons. The Morgan fingerprint density at radius 3 is 2.62 bits per heavy atom. The molecule has 68 valence electrons. The van der Waals surface area contributed by atoms with Gasteiger partial charge in [0.25, 0.3) is 0 Å². The van der Waals surface area contributed by atoms with Crippen LogP contribution in [0.4, 0.5) is 0 Å². The van der Waals surface area contributed by atoms with Crippen LogP contribution in [-0.2, 0) is 11.3 Å². The summed E-state index contributed by atoms with van der Waals surface area (Å²) in [6, 6.07) is 10.8. The van der Waals surface area contributed by atoms with E-state index in [9.17, 15) is 4.79 Å². The van der Waals surface area contributed by atoms with Crippen LogP contribution >= 0.6 is 0 Å². The first-order chi connectivity index (χ1) is 6.33. The maximum absolute atomic E-state index is 10.5. The lowest BCUT2D eigenvalue weighted by Gasteiger charge is -2.01. The summed E-state index contributed by atoms with van der Waals surface area (Å²) in [7, 11) is 0. The first kappa shape index (κ1) is 8.45. The van der Waals surface area contributed by atoms with Gasteiger partial charge in [-0.2, -0.15) is 0 Å². The molecule has 0 spiro atoms. The highest BCUT2D eigenvalue weighted by Crippen LogP contribution is 2.27. The molecule has 1 unspecified atom stereocenters. The lowest BCUT2D eigenvalue weighted by atomic mass is 10.2. The fourth-order valence-electron chi connectivity index (χ4n) is 1.67. The van der Waals surface area contributed by atoms with E-state index >= 15 is 0 Å². The minimum atomic E-state index is 0.153. The van der Waals surface area contributed by atoms with Gasteiger partial charge in [0.1, 0.15) is 6.29 Å². The van der Waals surface area contributed by atoms with Crippen LogP contribution in [0.1, 0.15) is 12.5 Å². The van der Waals surface area contributed by atoms with Crippen molar-refractivity contribution in [2.75, 3.05) is 0 Å². The van der Waals surface area contributed by atoms with Gasteiger partial charge in [-0.15, -0.1) is 0 Å². The van der Waals surface area contributed by atoms with Crippen molar-refractivity contribution in [3.8, 4) is 0 Å². The predicted molar refractivity (Wildman–Crippen MR) is 51.3 cm³/mol. The molecule has 1 aliphatic heterocycles. The van der Waals surface area contributed by atoms with Crippen LogP contribution in [0.15, 0.2) is 30.3 Å². The second-order valence-corrected chi connectivity index (χ2v) is 3.53. The van der Waals surface area contributed by atoms with Gasteiger partial charge in [-0.1, -0.05) is 30.3 Å². The Kier molecular flexibility index (Phi) is 2.15. The molecule has 1 saturated heterocycles. The summed E-state index contributed by atoms with van der Waals surface area (Å²) in [4.78, 5) is 12.7. The van der Waals surface area contributed by atoms with Crippen LogP contribution in [0.2, 0.25) is 0 Å². The third-order valence-electron chi connectivity index (χ3n) is 2.66. The lowest BCUT2D eigenvalue weighted by molar-refractivity contribution is -0.108. The molecule has 2 nitrogen and oxygen atoms in total. The molecular formula is C11H13NO. The fourth-order valence-corrected chi connectivity index (χ4v) is 1.67. The fraction of sp³-hybridized carbons (Fsp3) is 0.364. The number of hydrogen-bond donors (Lipinski definition) is 0. The number of carbonyl (C=O) groups is 1. The molecule has 0 amide bonds. The van der Waals surface area contributed by atoms with Gasteiger partial charge < -0.3 is 4.79 Å². The highest BCUT2D eigenvalue weighted by atomic mass is 16.1. The maximum Gasteiger partial charge on any atom is 0.138 e. The zero-order valence-electron chi connectivity index (χ0n) is 7.68. The van der Waals surface area contributed by atoms with Crippen LogP contribution in [0.25, 0.3) is 0 Å². The molecule has 0 aromatic heterocycles. The molecule has 1 fully saturated rings. The number of aldehydes is 1. The minimum Gasteiger partial charge on any atom is -0.302 e. The molecular weight excluding hydrogens is 162 g/mol. The second-order valence-electron chi connectivity index (χ2n) is 3.53. The molecule has 13 heavy (non-hydrogen) atoms. The highest BCUT2D eigenvalue weighted by Gasteiger charge is 2.43. The van der Waals surface area contributed by atoms with Gasteiger partial charge in [0.05, 0.1) is 6.04 Å². The lowest BCUT2D eigenvalue weighted by Crippen LogP contribution is -2.02. The monoisotopic (exact) mass is 175 g/mol. The van der Waals surface area contributed by atoms with Crippen molar-refractivity contribution in [1.82, 2.24) is 4.90 Å². The van der Waals surface area contributed by atoms with Gasteiger partial charge in [0.2, 0.25) is 0 Å². The normalized spacial score (nSPS) is 31.3. The SMILES string of the molecule is C[C@H]1[C@H](C=O)N1Cc1ccccc1. The van der Waals surface area contributed by atoms with Gasteiger partial charge >= 0.3 is 0 Å². The number of hydrogen-bond acceptors (Lipinski definition) is 2. The second kappa shape index (κ2) is 3.30. The summed E-state index contributed by atoms with van der Waals surface area (Å²) < 4.78 is 0. The molecule has 1 aromatic rings. The third kappa shape index (κ3) is 1.63. The number of carbonyl (C=O) groups excluding carboxylic acids is 1. The average molecular weight is 175 g/mol. The first-order valence-electron chi connectivity index (χ1n) is 4.58. The molecule has 0 saturated carbocycles.